The van der Waals surface area contributed by atoms with Gasteiger partial charge in [-0.1, -0.05) is 104 Å². The minimum Gasteiger partial charge on any atom is -0.381 e. The summed E-state index contributed by atoms with van der Waals surface area (Å²) in [5.74, 6) is 0. The third-order valence-electron chi connectivity index (χ3n) is 4.28. The molecule has 0 aromatic heterocycles. The van der Waals surface area contributed by atoms with Crippen molar-refractivity contribution in [1.82, 2.24) is 0 Å². The quantitative estimate of drug-likeness (QED) is 0.241. The lowest BCUT2D eigenvalue weighted by atomic mass is 10.0. The zero-order valence-corrected chi connectivity index (χ0v) is 15.1. The fourth-order valence-electron chi connectivity index (χ4n) is 2.78. The van der Waals surface area contributed by atoms with Crippen molar-refractivity contribution >= 4 is 0 Å². The summed E-state index contributed by atoms with van der Waals surface area (Å²) >= 11 is 0. The molecule has 0 aliphatic carbocycles. The molecule has 0 bridgehead atoms. The predicted octanol–water partition coefficient (Wildman–Crippen LogP) is 7.28. The van der Waals surface area contributed by atoms with Gasteiger partial charge >= 0.3 is 0 Å². The van der Waals surface area contributed by atoms with E-state index in [1.54, 1.807) is 0 Å². The summed E-state index contributed by atoms with van der Waals surface area (Å²) in [6.07, 6.45) is 22.4. The van der Waals surface area contributed by atoms with Gasteiger partial charge in [-0.05, 0) is 12.8 Å². The van der Waals surface area contributed by atoms with E-state index in [2.05, 4.69) is 13.8 Å². The first-order chi connectivity index (χ1) is 10.4. The topological polar surface area (TPSA) is 9.23 Å². The Kier molecular flexibility index (Phi) is 19.9. The SMILES string of the molecule is CCCCCCCCCCCCCCCOCCCCC. The Hall–Kier alpha value is -0.0400. The number of hydrogen-bond donors (Lipinski definition) is 0. The molecule has 0 amide bonds. The normalized spacial score (nSPS) is 11.1. The molecule has 0 aliphatic rings. The van der Waals surface area contributed by atoms with Crippen molar-refractivity contribution in [2.45, 2.75) is 117 Å². The van der Waals surface area contributed by atoms with Crippen molar-refractivity contribution in [2.24, 2.45) is 0 Å². The second kappa shape index (κ2) is 20.0. The molecular weight excluding hydrogens is 256 g/mol. The molecule has 0 heterocycles. The molecule has 1 nitrogen and oxygen atoms in total. The van der Waals surface area contributed by atoms with Gasteiger partial charge in [0, 0.05) is 13.2 Å². The van der Waals surface area contributed by atoms with E-state index in [4.69, 9.17) is 4.74 Å². The second-order valence-corrected chi connectivity index (χ2v) is 6.56. The van der Waals surface area contributed by atoms with E-state index in [9.17, 15) is 0 Å². The van der Waals surface area contributed by atoms with Gasteiger partial charge in [-0.15, -0.1) is 0 Å². The van der Waals surface area contributed by atoms with Crippen LogP contribution in [0.25, 0.3) is 0 Å². The third-order valence-corrected chi connectivity index (χ3v) is 4.28. The maximum Gasteiger partial charge on any atom is 0.0466 e. The molecule has 0 spiro atoms. The molecule has 0 aromatic carbocycles. The van der Waals surface area contributed by atoms with Gasteiger partial charge in [-0.2, -0.15) is 0 Å². The van der Waals surface area contributed by atoms with Crippen LogP contribution in [0.2, 0.25) is 0 Å². The summed E-state index contributed by atoms with van der Waals surface area (Å²) in [6.45, 7) is 6.50. The molecule has 0 saturated carbocycles. The molecule has 0 unspecified atom stereocenters. The van der Waals surface area contributed by atoms with Crippen LogP contribution in [0.1, 0.15) is 117 Å². The average Bonchev–Trinajstić information content (AvgIpc) is 2.50. The minimum atomic E-state index is 0.978. The standard InChI is InChI=1S/C20H42O/c1-3-5-7-8-9-10-11-12-13-14-15-16-18-20-21-19-17-6-4-2/h3-20H2,1-2H3. The Morgan fingerprint density at radius 2 is 0.667 bits per heavy atom. The first-order valence-electron chi connectivity index (χ1n) is 9.99. The highest BCUT2D eigenvalue weighted by atomic mass is 16.5. The van der Waals surface area contributed by atoms with Crippen LogP contribution >= 0.6 is 0 Å². The zero-order valence-electron chi connectivity index (χ0n) is 15.1. The summed E-state index contributed by atoms with van der Waals surface area (Å²) in [7, 11) is 0. The molecule has 21 heavy (non-hydrogen) atoms. The minimum absolute atomic E-state index is 0.978. The van der Waals surface area contributed by atoms with Crippen molar-refractivity contribution < 1.29 is 4.74 Å². The van der Waals surface area contributed by atoms with E-state index in [1.807, 2.05) is 0 Å². The highest BCUT2D eigenvalue weighted by molar-refractivity contribution is 4.49. The van der Waals surface area contributed by atoms with Gasteiger partial charge in [-0.25, -0.2) is 0 Å². The molecule has 0 aromatic rings. The second-order valence-electron chi connectivity index (χ2n) is 6.56. The monoisotopic (exact) mass is 298 g/mol. The van der Waals surface area contributed by atoms with Crippen LogP contribution in [0, 0.1) is 0 Å². The predicted molar refractivity (Wildman–Crippen MR) is 96.0 cm³/mol. The van der Waals surface area contributed by atoms with Crippen LogP contribution in [0.15, 0.2) is 0 Å². The smallest absolute Gasteiger partial charge is 0.0466 e. The summed E-state index contributed by atoms with van der Waals surface area (Å²) in [6, 6.07) is 0. The van der Waals surface area contributed by atoms with Crippen LogP contribution < -0.4 is 0 Å². The number of hydrogen-bond acceptors (Lipinski definition) is 1. The van der Waals surface area contributed by atoms with Gasteiger partial charge in [0.2, 0.25) is 0 Å². The molecule has 0 radical (unpaired) electrons. The van der Waals surface area contributed by atoms with Gasteiger partial charge in [0.15, 0.2) is 0 Å². The molecule has 0 atom stereocenters. The van der Waals surface area contributed by atoms with Gasteiger partial charge in [0.1, 0.15) is 0 Å². The zero-order chi connectivity index (χ0) is 15.4. The van der Waals surface area contributed by atoms with E-state index in [-0.39, 0.29) is 0 Å². The van der Waals surface area contributed by atoms with Crippen LogP contribution in [-0.4, -0.2) is 13.2 Å². The van der Waals surface area contributed by atoms with E-state index in [1.165, 1.54) is 103 Å². The van der Waals surface area contributed by atoms with Crippen LogP contribution in [-0.2, 0) is 4.74 Å². The van der Waals surface area contributed by atoms with Crippen molar-refractivity contribution in [1.29, 1.82) is 0 Å². The van der Waals surface area contributed by atoms with Gasteiger partial charge in [0.25, 0.3) is 0 Å². The Balaban J connectivity index is 2.90. The molecule has 0 rings (SSSR count). The fraction of sp³-hybridized carbons (Fsp3) is 1.00. The summed E-state index contributed by atoms with van der Waals surface area (Å²) in [4.78, 5) is 0. The van der Waals surface area contributed by atoms with E-state index in [0.717, 1.165) is 13.2 Å². The van der Waals surface area contributed by atoms with Gasteiger partial charge < -0.3 is 4.74 Å². The first-order valence-corrected chi connectivity index (χ1v) is 9.99. The fourth-order valence-corrected chi connectivity index (χ4v) is 2.78. The average molecular weight is 299 g/mol. The molecule has 1 heteroatoms. The highest BCUT2D eigenvalue weighted by Gasteiger charge is 1.94. The molecule has 0 fully saturated rings. The number of ether oxygens (including phenoxy) is 1. The lowest BCUT2D eigenvalue weighted by Gasteiger charge is -2.04. The Labute approximate surface area is 135 Å². The Morgan fingerprint density at radius 1 is 0.381 bits per heavy atom. The highest BCUT2D eigenvalue weighted by Crippen LogP contribution is 2.12. The van der Waals surface area contributed by atoms with Crippen molar-refractivity contribution in [3.63, 3.8) is 0 Å². The summed E-state index contributed by atoms with van der Waals surface area (Å²) in [5, 5.41) is 0. The van der Waals surface area contributed by atoms with Crippen molar-refractivity contribution in [3.8, 4) is 0 Å². The van der Waals surface area contributed by atoms with Crippen LogP contribution in [0.5, 0.6) is 0 Å². The van der Waals surface area contributed by atoms with E-state index in [0.29, 0.717) is 0 Å². The molecule has 0 N–H and O–H groups in total. The third kappa shape index (κ3) is 20.0. The summed E-state index contributed by atoms with van der Waals surface area (Å²) in [5.41, 5.74) is 0. The van der Waals surface area contributed by atoms with Crippen molar-refractivity contribution in [3.05, 3.63) is 0 Å². The maximum atomic E-state index is 5.64. The Morgan fingerprint density at radius 3 is 1.10 bits per heavy atom. The molecular formula is C20H42O. The first kappa shape index (κ1) is 21.0. The summed E-state index contributed by atoms with van der Waals surface area (Å²) < 4.78 is 5.64. The molecule has 128 valence electrons. The van der Waals surface area contributed by atoms with Gasteiger partial charge in [0.05, 0.1) is 0 Å². The van der Waals surface area contributed by atoms with Gasteiger partial charge in [-0.3, -0.25) is 0 Å². The van der Waals surface area contributed by atoms with E-state index >= 15 is 0 Å². The van der Waals surface area contributed by atoms with Crippen molar-refractivity contribution in [2.75, 3.05) is 13.2 Å². The van der Waals surface area contributed by atoms with Crippen LogP contribution in [0.3, 0.4) is 0 Å². The number of rotatable bonds is 18. The Bertz CT molecular complexity index is 149. The largest absolute Gasteiger partial charge is 0.381 e. The van der Waals surface area contributed by atoms with Crippen LogP contribution in [0.4, 0.5) is 0 Å². The molecule has 0 aliphatic heterocycles. The maximum absolute atomic E-state index is 5.64. The van der Waals surface area contributed by atoms with E-state index < -0.39 is 0 Å². The number of unbranched alkanes of at least 4 members (excludes halogenated alkanes) is 14. The lowest BCUT2D eigenvalue weighted by Crippen LogP contribution is -1.96. The lowest BCUT2D eigenvalue weighted by molar-refractivity contribution is 0.126. The molecule has 0 saturated heterocycles.